The molecule has 2 aliphatic rings. The summed E-state index contributed by atoms with van der Waals surface area (Å²) in [6.45, 7) is 0.892. The Morgan fingerprint density at radius 3 is 0.804 bits per heavy atom. The normalized spacial score (nSPS) is 21.3. The van der Waals surface area contributed by atoms with E-state index >= 15 is 0 Å². The van der Waals surface area contributed by atoms with Gasteiger partial charge in [0.15, 0.2) is 0 Å². The molecule has 0 bridgehead atoms. The summed E-state index contributed by atoms with van der Waals surface area (Å²) >= 11 is 0. The Morgan fingerprint density at radius 2 is 0.529 bits per heavy atom. The minimum atomic E-state index is 0.307. The lowest BCUT2D eigenvalue weighted by Gasteiger charge is -2.40. The Labute approximate surface area is 300 Å². The van der Waals surface area contributed by atoms with Crippen LogP contribution in [-0.4, -0.2) is 16.5 Å². The number of nitrogens with zero attached hydrogens (tertiary/aromatic N) is 2. The summed E-state index contributed by atoms with van der Waals surface area (Å²) in [7, 11) is 0. The van der Waals surface area contributed by atoms with Crippen molar-refractivity contribution >= 4 is 43.1 Å². The van der Waals surface area contributed by atoms with Crippen molar-refractivity contribution in [2.45, 2.75) is 49.9 Å². The molecule has 0 radical (unpaired) electrons. The average Bonchev–Trinajstić information content (AvgIpc) is 3.81. The maximum atomic E-state index is 2.89. The Kier molecular flexibility index (Phi) is 7.66. The van der Waals surface area contributed by atoms with Crippen molar-refractivity contribution in [1.82, 2.24) is 9.80 Å². The van der Waals surface area contributed by atoms with Crippen LogP contribution in [0, 0.1) is 0 Å². The van der Waals surface area contributed by atoms with Crippen LogP contribution in [0.15, 0.2) is 170 Å². The van der Waals surface area contributed by atoms with Crippen LogP contribution in [0.5, 0.6) is 0 Å². The molecule has 10 rings (SSSR count). The number of likely N-dealkylation sites (tertiary alicyclic amines) is 2. The number of benzene rings is 8. The molecule has 2 nitrogen and oxygen atoms in total. The van der Waals surface area contributed by atoms with Crippen molar-refractivity contribution in [3.63, 3.8) is 0 Å². The van der Waals surface area contributed by atoms with Gasteiger partial charge in [-0.3, -0.25) is 9.80 Å². The third-order valence-corrected chi connectivity index (χ3v) is 12.1. The number of fused-ring (bicyclic) bond motifs is 4. The molecule has 4 atom stereocenters. The first-order chi connectivity index (χ1) is 25.3. The van der Waals surface area contributed by atoms with E-state index in [2.05, 4.69) is 180 Å². The summed E-state index contributed by atoms with van der Waals surface area (Å²) in [4.78, 5) is 5.79. The van der Waals surface area contributed by atoms with E-state index in [0.29, 0.717) is 24.2 Å². The van der Waals surface area contributed by atoms with Gasteiger partial charge in [0.1, 0.15) is 0 Å². The van der Waals surface area contributed by atoms with E-state index < -0.39 is 0 Å². The fraction of sp³-hybridized carbons (Fsp3) is 0.184. The van der Waals surface area contributed by atoms with Gasteiger partial charge in [0.05, 0.1) is 6.67 Å². The van der Waals surface area contributed by atoms with Gasteiger partial charge in [-0.2, -0.15) is 0 Å². The van der Waals surface area contributed by atoms with Gasteiger partial charge < -0.3 is 0 Å². The van der Waals surface area contributed by atoms with Crippen LogP contribution in [0.3, 0.4) is 0 Å². The number of hydrogen-bond acceptors (Lipinski definition) is 2. The molecule has 2 heteroatoms. The van der Waals surface area contributed by atoms with Crippen molar-refractivity contribution in [2.75, 3.05) is 6.67 Å². The number of hydrogen-bond donors (Lipinski definition) is 0. The van der Waals surface area contributed by atoms with Crippen molar-refractivity contribution in [3.05, 3.63) is 192 Å². The summed E-state index contributed by atoms with van der Waals surface area (Å²) in [6, 6.07) is 65.0. The quantitative estimate of drug-likeness (QED) is 0.175. The van der Waals surface area contributed by atoms with Crippen molar-refractivity contribution < 1.29 is 0 Å². The topological polar surface area (TPSA) is 6.48 Å². The molecule has 0 saturated carbocycles. The van der Waals surface area contributed by atoms with E-state index in [4.69, 9.17) is 0 Å². The molecule has 2 saturated heterocycles. The van der Waals surface area contributed by atoms with E-state index in [9.17, 15) is 0 Å². The van der Waals surface area contributed by atoms with Crippen LogP contribution in [0.1, 0.15) is 72.1 Å². The van der Waals surface area contributed by atoms with E-state index in [0.717, 1.165) is 32.4 Å². The summed E-state index contributed by atoms with van der Waals surface area (Å²) in [6.07, 6.45) is 4.53. The minimum Gasteiger partial charge on any atom is -0.276 e. The smallest absolute Gasteiger partial charge is 0.0529 e. The Morgan fingerprint density at radius 1 is 0.294 bits per heavy atom. The zero-order valence-corrected chi connectivity index (χ0v) is 28.9. The summed E-state index contributed by atoms with van der Waals surface area (Å²) in [5.41, 5.74) is 5.83. The standard InChI is InChI=1S/C49H42N2/c1-5-21-38-34(13-1)17-9-25-42(38)46-29-30-47(43-26-10-18-35-14-2-6-22-39(35)43)50(46)33-51-48(44-27-11-19-36-15-3-7-23-40(36)44)31-32-49(51)45-28-12-20-37-16-4-8-24-41(37)45/h1-28,46-49H,29-33H2/t46-,47-,48-,49?/m0/s1. The molecule has 248 valence electrons. The monoisotopic (exact) mass is 658 g/mol. The maximum absolute atomic E-state index is 2.89. The zero-order chi connectivity index (χ0) is 33.7. The molecule has 51 heavy (non-hydrogen) atoms. The highest BCUT2D eigenvalue weighted by molar-refractivity contribution is 5.89. The lowest BCUT2D eigenvalue weighted by Crippen LogP contribution is -2.40. The Hall–Kier alpha value is -5.28. The second-order valence-electron chi connectivity index (χ2n) is 14.7. The molecule has 2 heterocycles. The van der Waals surface area contributed by atoms with Gasteiger partial charge >= 0.3 is 0 Å². The van der Waals surface area contributed by atoms with E-state index in [-0.39, 0.29) is 0 Å². The summed E-state index contributed by atoms with van der Waals surface area (Å²) in [5, 5.41) is 10.8. The second-order valence-corrected chi connectivity index (χ2v) is 14.7. The molecule has 1 unspecified atom stereocenters. The van der Waals surface area contributed by atoms with Gasteiger partial charge in [0, 0.05) is 24.2 Å². The SMILES string of the molecule is c1ccc2c(C3CC[C@@H](c4cccc5ccccc45)N3CN3[C@H](c4cccc5ccccc45)CC[C@H]3c3cccc4ccccc34)cccc2c1. The highest BCUT2D eigenvalue weighted by Crippen LogP contribution is 2.52. The molecule has 0 amide bonds. The van der Waals surface area contributed by atoms with Gasteiger partial charge in [-0.1, -0.05) is 170 Å². The van der Waals surface area contributed by atoms with E-state index in [1.807, 2.05) is 0 Å². The lowest BCUT2D eigenvalue weighted by atomic mass is 9.96. The van der Waals surface area contributed by atoms with Gasteiger partial charge in [-0.05, 0) is 91.0 Å². The van der Waals surface area contributed by atoms with Gasteiger partial charge in [0.2, 0.25) is 0 Å². The molecular formula is C49H42N2. The van der Waals surface area contributed by atoms with Crippen molar-refractivity contribution in [1.29, 1.82) is 0 Å². The summed E-state index contributed by atoms with van der Waals surface area (Å²) < 4.78 is 0. The minimum absolute atomic E-state index is 0.307. The molecule has 0 spiro atoms. The van der Waals surface area contributed by atoms with Gasteiger partial charge in [-0.25, -0.2) is 0 Å². The second kappa shape index (κ2) is 12.8. The fourth-order valence-corrected chi connectivity index (χ4v) is 9.81. The first-order valence-electron chi connectivity index (χ1n) is 18.7. The highest BCUT2D eigenvalue weighted by atomic mass is 15.4. The molecule has 8 aromatic rings. The summed E-state index contributed by atoms with van der Waals surface area (Å²) in [5.74, 6) is 0. The van der Waals surface area contributed by atoms with Crippen LogP contribution in [0.25, 0.3) is 43.1 Å². The van der Waals surface area contributed by atoms with Crippen LogP contribution >= 0.6 is 0 Å². The predicted octanol–water partition coefficient (Wildman–Crippen LogP) is 12.7. The first-order valence-corrected chi connectivity index (χ1v) is 18.7. The zero-order valence-electron chi connectivity index (χ0n) is 28.9. The molecule has 0 N–H and O–H groups in total. The maximum Gasteiger partial charge on any atom is 0.0529 e. The Bertz CT molecular complexity index is 2160. The number of rotatable bonds is 6. The fourth-order valence-electron chi connectivity index (χ4n) is 9.81. The van der Waals surface area contributed by atoms with Gasteiger partial charge in [-0.15, -0.1) is 0 Å². The molecule has 0 aromatic heterocycles. The predicted molar refractivity (Wildman–Crippen MR) is 214 cm³/mol. The third kappa shape index (κ3) is 5.25. The molecule has 0 aliphatic carbocycles. The van der Waals surface area contributed by atoms with Gasteiger partial charge in [0.25, 0.3) is 0 Å². The van der Waals surface area contributed by atoms with Crippen LogP contribution in [-0.2, 0) is 0 Å². The largest absolute Gasteiger partial charge is 0.276 e. The average molecular weight is 659 g/mol. The third-order valence-electron chi connectivity index (χ3n) is 12.1. The Balaban J connectivity index is 1.16. The van der Waals surface area contributed by atoms with E-state index in [1.165, 1.54) is 65.3 Å². The van der Waals surface area contributed by atoms with Crippen molar-refractivity contribution in [3.8, 4) is 0 Å². The van der Waals surface area contributed by atoms with Crippen LogP contribution in [0.4, 0.5) is 0 Å². The van der Waals surface area contributed by atoms with Crippen LogP contribution < -0.4 is 0 Å². The molecular weight excluding hydrogens is 617 g/mol. The molecule has 2 aliphatic heterocycles. The van der Waals surface area contributed by atoms with E-state index in [1.54, 1.807) is 0 Å². The van der Waals surface area contributed by atoms with Crippen LogP contribution in [0.2, 0.25) is 0 Å². The highest BCUT2D eigenvalue weighted by Gasteiger charge is 2.43. The first kappa shape index (κ1) is 30.5. The lowest BCUT2D eigenvalue weighted by molar-refractivity contribution is 0.0541. The molecule has 2 fully saturated rings. The molecule has 8 aromatic carbocycles. The van der Waals surface area contributed by atoms with Crippen molar-refractivity contribution in [2.24, 2.45) is 0 Å².